The van der Waals surface area contributed by atoms with Gasteiger partial charge in [-0.3, -0.25) is 9.98 Å². The Bertz CT molecular complexity index is 1290. The summed E-state index contributed by atoms with van der Waals surface area (Å²) in [5.74, 6) is -0.00324. The molecule has 0 aromatic carbocycles. The number of rotatable bonds is 2. The van der Waals surface area contributed by atoms with Gasteiger partial charge in [0, 0.05) is 22.6 Å². The molecule has 0 unspecified atom stereocenters. The van der Waals surface area contributed by atoms with Crippen molar-refractivity contribution < 1.29 is 70.7 Å². The zero-order chi connectivity index (χ0) is 24.0. The first-order valence-corrected chi connectivity index (χ1v) is 11.2. The van der Waals surface area contributed by atoms with E-state index in [0.717, 1.165) is 67.4 Å². The van der Waals surface area contributed by atoms with E-state index in [1.54, 1.807) is 0 Å². The molecule has 6 aliphatic rings. The quantitative estimate of drug-likeness (QED) is 0.455. The Morgan fingerprint density at radius 1 is 0.622 bits per heavy atom. The molecule has 0 aromatic heterocycles. The maximum Gasteiger partial charge on any atom is 2.00 e. The molecule has 0 spiro atoms. The van der Waals surface area contributed by atoms with Crippen molar-refractivity contribution >= 4 is 11.4 Å². The third-order valence-corrected chi connectivity index (χ3v) is 6.08. The first-order valence-electron chi connectivity index (χ1n) is 11.2. The normalized spacial score (nSPS) is 20.5. The van der Waals surface area contributed by atoms with Gasteiger partial charge in [-0.15, -0.1) is 0 Å². The Morgan fingerprint density at radius 2 is 1.00 bits per heavy atom. The smallest absolute Gasteiger partial charge is 1.00 e. The van der Waals surface area contributed by atoms with Gasteiger partial charge in [0.05, 0.1) is 22.5 Å². The van der Waals surface area contributed by atoms with Crippen LogP contribution in [0.3, 0.4) is 0 Å². The molecule has 0 saturated heterocycles. The fraction of sp³-hybridized carbons (Fsp3) is 0.214. The molecule has 0 saturated carbocycles. The summed E-state index contributed by atoms with van der Waals surface area (Å²) in [4.78, 5) is 8.97. The zero-order valence-corrected chi connectivity index (χ0v) is 24.9. The number of hydrogen-bond donors (Lipinski definition) is 2. The average Bonchev–Trinajstić information content (AvgIpc) is 3.53. The molecule has 0 radical (unpaired) electrons. The van der Waals surface area contributed by atoms with E-state index < -0.39 is 0 Å². The van der Waals surface area contributed by atoms with Crippen LogP contribution in [0, 0.1) is 0 Å². The fourth-order valence-corrected chi connectivity index (χ4v) is 4.57. The van der Waals surface area contributed by atoms with E-state index in [1.165, 1.54) is 0 Å². The second-order valence-corrected chi connectivity index (χ2v) is 8.67. The van der Waals surface area contributed by atoms with Crippen molar-refractivity contribution in [2.45, 2.75) is 27.7 Å². The molecule has 6 rings (SSSR count). The minimum absolute atomic E-state index is 0. The van der Waals surface area contributed by atoms with Crippen molar-refractivity contribution in [2.24, 2.45) is 9.98 Å². The summed E-state index contributed by atoms with van der Waals surface area (Å²) in [6.45, 7) is 8.87. The second kappa shape index (κ2) is 12.3. The number of halogens is 2. The molecule has 6 nitrogen and oxygen atoms in total. The SMILES string of the molecule is CC1=NC2=C(C)C=C(C3=C(O)OCC=C3)C2=C1.CC1=NC2=C(C)C=C(C3=C(O)OCC=C3)C2=C1.[Cl-].[Cl-].[Zr+2]. The number of fused-ring (bicyclic) bond motifs is 2. The maximum atomic E-state index is 9.78. The second-order valence-electron chi connectivity index (χ2n) is 8.67. The van der Waals surface area contributed by atoms with Gasteiger partial charge in [-0.2, -0.15) is 0 Å². The van der Waals surface area contributed by atoms with Gasteiger partial charge in [0.2, 0.25) is 0 Å². The topological polar surface area (TPSA) is 83.6 Å². The maximum absolute atomic E-state index is 9.78. The van der Waals surface area contributed by atoms with Crippen LogP contribution in [0.1, 0.15) is 27.7 Å². The Balaban J connectivity index is 0.000000241. The molecule has 0 bridgehead atoms. The molecule has 2 aliphatic carbocycles. The molecule has 0 fully saturated rings. The van der Waals surface area contributed by atoms with Gasteiger partial charge in [-0.05, 0) is 98.6 Å². The molecule has 9 heteroatoms. The van der Waals surface area contributed by atoms with E-state index in [9.17, 15) is 10.2 Å². The van der Waals surface area contributed by atoms with Crippen LogP contribution in [-0.4, -0.2) is 34.9 Å². The number of hydrogen-bond acceptors (Lipinski definition) is 6. The van der Waals surface area contributed by atoms with Crippen LogP contribution < -0.4 is 24.8 Å². The van der Waals surface area contributed by atoms with E-state index in [1.807, 2.05) is 76.3 Å². The van der Waals surface area contributed by atoms with Crippen molar-refractivity contribution in [1.82, 2.24) is 0 Å². The van der Waals surface area contributed by atoms with Gasteiger partial charge in [0.25, 0.3) is 11.9 Å². The predicted octanol–water partition coefficient (Wildman–Crippen LogP) is -0.0799. The van der Waals surface area contributed by atoms with Crippen molar-refractivity contribution in [1.29, 1.82) is 0 Å². The average molecular weight is 617 g/mol. The summed E-state index contributed by atoms with van der Waals surface area (Å²) >= 11 is 0. The van der Waals surface area contributed by atoms with Crippen LogP contribution in [0.4, 0.5) is 0 Å². The van der Waals surface area contributed by atoms with Crippen LogP contribution in [-0.2, 0) is 35.7 Å². The van der Waals surface area contributed by atoms with Gasteiger partial charge in [0.15, 0.2) is 0 Å². The van der Waals surface area contributed by atoms with Gasteiger partial charge < -0.3 is 44.5 Å². The van der Waals surface area contributed by atoms with Crippen molar-refractivity contribution in [3.63, 3.8) is 0 Å². The minimum atomic E-state index is -0.00162. The van der Waals surface area contributed by atoms with Crippen molar-refractivity contribution in [3.05, 3.63) is 116 Å². The fourth-order valence-electron chi connectivity index (χ4n) is 4.57. The number of allylic oxidation sites excluding steroid dienone is 12. The molecule has 0 aromatic rings. The van der Waals surface area contributed by atoms with Crippen LogP contribution >= 0.6 is 0 Å². The third kappa shape index (κ3) is 5.79. The number of aliphatic hydroxyl groups excluding tert-OH is 2. The van der Waals surface area contributed by atoms with Crippen LogP contribution in [0.5, 0.6) is 0 Å². The van der Waals surface area contributed by atoms with E-state index in [2.05, 4.69) is 9.98 Å². The zero-order valence-electron chi connectivity index (χ0n) is 20.9. The largest absolute Gasteiger partial charge is 2.00 e. The molecule has 190 valence electrons. The van der Waals surface area contributed by atoms with E-state index in [4.69, 9.17) is 9.47 Å². The molecule has 0 atom stereocenters. The van der Waals surface area contributed by atoms with Gasteiger partial charge >= 0.3 is 26.2 Å². The monoisotopic (exact) mass is 614 g/mol. The van der Waals surface area contributed by atoms with E-state index >= 15 is 0 Å². The Hall–Kier alpha value is -2.60. The van der Waals surface area contributed by atoms with Crippen LogP contribution in [0.15, 0.2) is 126 Å². The third-order valence-electron chi connectivity index (χ3n) is 6.08. The summed E-state index contributed by atoms with van der Waals surface area (Å²) in [6, 6.07) is 0. The van der Waals surface area contributed by atoms with Gasteiger partial charge in [0.1, 0.15) is 13.2 Å². The Morgan fingerprint density at radius 3 is 1.35 bits per heavy atom. The van der Waals surface area contributed by atoms with Crippen molar-refractivity contribution in [3.8, 4) is 0 Å². The standard InChI is InChI=1S/2C14H13NO2.2ClH.Zr/c2*1-8-6-11(10-4-3-5-17-14(10)16)12-7-9(2)15-13(8)12;;;/h2*3-4,6-7,16H,5H2,1-2H3;2*1H;/q;;;;+2/p-2. The molecule has 4 aliphatic heterocycles. The first-order chi connectivity index (χ1) is 16.3. The molecule has 0 amide bonds. The van der Waals surface area contributed by atoms with E-state index in [0.29, 0.717) is 13.2 Å². The number of aliphatic imine (C=N–C) groups is 2. The van der Waals surface area contributed by atoms with Gasteiger partial charge in [-0.1, -0.05) is 0 Å². The summed E-state index contributed by atoms with van der Waals surface area (Å²) in [5, 5.41) is 19.6. The Labute approximate surface area is 248 Å². The number of aliphatic hydroxyl groups is 2. The summed E-state index contributed by atoms with van der Waals surface area (Å²) in [5.41, 5.74) is 11.9. The number of nitrogens with zero attached hydrogens (tertiary/aromatic N) is 2. The predicted molar refractivity (Wildman–Crippen MR) is 133 cm³/mol. The Kier molecular flexibility index (Phi) is 10.2. The van der Waals surface area contributed by atoms with Gasteiger partial charge in [-0.25, -0.2) is 0 Å². The minimum Gasteiger partial charge on any atom is -1.00 e. The van der Waals surface area contributed by atoms with Crippen molar-refractivity contribution in [2.75, 3.05) is 13.2 Å². The summed E-state index contributed by atoms with van der Waals surface area (Å²) in [7, 11) is 0. The molecule has 4 heterocycles. The molecule has 2 N–H and O–H groups in total. The molecular weight excluding hydrogens is 590 g/mol. The summed E-state index contributed by atoms with van der Waals surface area (Å²) in [6.07, 6.45) is 15.8. The van der Waals surface area contributed by atoms with Crippen LogP contribution in [0.25, 0.3) is 0 Å². The number of ether oxygens (including phenoxy) is 2. The first kappa shape index (κ1) is 30.6. The molecular formula is C28H26Cl2N2O4Zr. The summed E-state index contributed by atoms with van der Waals surface area (Å²) < 4.78 is 10.3. The van der Waals surface area contributed by atoms with E-state index in [-0.39, 0.29) is 62.9 Å². The van der Waals surface area contributed by atoms with Crippen LogP contribution in [0.2, 0.25) is 0 Å². The molecule has 37 heavy (non-hydrogen) atoms.